The van der Waals surface area contributed by atoms with E-state index in [0.717, 1.165) is 12.3 Å². The van der Waals surface area contributed by atoms with Crippen molar-refractivity contribution in [2.75, 3.05) is 0 Å². The lowest BCUT2D eigenvalue weighted by molar-refractivity contribution is -0.137. The average Bonchev–Trinajstić information content (AvgIpc) is 2.31. The number of carboxylic acids is 1. The van der Waals surface area contributed by atoms with Crippen molar-refractivity contribution < 1.29 is 23.5 Å². The maximum Gasteiger partial charge on any atom is 0.303 e. The number of aliphatic carboxylic acids is 1. The normalized spacial score (nSPS) is 11.9. The highest BCUT2D eigenvalue weighted by Gasteiger charge is 2.17. The summed E-state index contributed by atoms with van der Waals surface area (Å²) in [5, 5.41) is 10.9. The Hall–Kier alpha value is -2.05. The lowest BCUT2D eigenvalue weighted by Crippen LogP contribution is -2.33. The third kappa shape index (κ3) is 4.61. The van der Waals surface area contributed by atoms with Crippen molar-refractivity contribution in [1.82, 2.24) is 10.3 Å². The molecule has 1 aromatic heterocycles. The summed E-state index contributed by atoms with van der Waals surface area (Å²) >= 11 is 0. The van der Waals surface area contributed by atoms with Crippen molar-refractivity contribution in [3.8, 4) is 0 Å². The molecule has 0 aromatic carbocycles. The van der Waals surface area contributed by atoms with E-state index in [2.05, 4.69) is 10.3 Å². The zero-order chi connectivity index (χ0) is 14.4. The first-order chi connectivity index (χ1) is 8.91. The molecule has 19 heavy (non-hydrogen) atoms. The van der Waals surface area contributed by atoms with Gasteiger partial charge >= 0.3 is 5.97 Å². The van der Waals surface area contributed by atoms with Gasteiger partial charge in [-0.25, -0.2) is 9.37 Å². The number of carboxylic acid groups (broad SMARTS) is 1. The predicted octanol–water partition coefficient (Wildman–Crippen LogP) is 1.73. The maximum absolute atomic E-state index is 13.3. The van der Waals surface area contributed by atoms with E-state index >= 15 is 0 Å². The van der Waals surface area contributed by atoms with Crippen molar-refractivity contribution in [2.45, 2.75) is 32.2 Å². The second-order valence-electron chi connectivity index (χ2n) is 4.12. The number of pyridine rings is 1. The van der Waals surface area contributed by atoms with Gasteiger partial charge in [0.05, 0.1) is 5.56 Å². The van der Waals surface area contributed by atoms with Gasteiger partial charge in [-0.15, -0.1) is 0 Å². The van der Waals surface area contributed by atoms with Crippen LogP contribution in [0.25, 0.3) is 0 Å². The van der Waals surface area contributed by atoms with Gasteiger partial charge in [0, 0.05) is 18.7 Å². The third-order valence-corrected chi connectivity index (χ3v) is 2.50. The SMILES string of the molecule is CC(CCCC(=O)O)NC(=O)c1ccnc(F)c1F. The van der Waals surface area contributed by atoms with Crippen molar-refractivity contribution in [2.24, 2.45) is 0 Å². The Kier molecular flexibility index (Phi) is 5.35. The minimum absolute atomic E-state index is 0.00153. The van der Waals surface area contributed by atoms with Crippen LogP contribution >= 0.6 is 0 Å². The van der Waals surface area contributed by atoms with Crippen LogP contribution in [-0.4, -0.2) is 28.0 Å². The summed E-state index contributed by atoms with van der Waals surface area (Å²) in [4.78, 5) is 25.1. The largest absolute Gasteiger partial charge is 0.481 e. The van der Waals surface area contributed by atoms with Crippen LogP contribution in [0.4, 0.5) is 8.78 Å². The molecular weight excluding hydrogens is 258 g/mol. The van der Waals surface area contributed by atoms with E-state index in [9.17, 15) is 18.4 Å². The first kappa shape index (κ1) is 15.0. The highest BCUT2D eigenvalue weighted by atomic mass is 19.2. The summed E-state index contributed by atoms with van der Waals surface area (Å²) in [5.74, 6) is -4.29. The first-order valence-electron chi connectivity index (χ1n) is 5.74. The molecular formula is C12H14F2N2O3. The molecule has 0 aliphatic rings. The van der Waals surface area contributed by atoms with Crippen LogP contribution in [0.2, 0.25) is 0 Å². The molecule has 0 bridgehead atoms. The van der Waals surface area contributed by atoms with Gasteiger partial charge in [0.2, 0.25) is 5.95 Å². The summed E-state index contributed by atoms with van der Waals surface area (Å²) in [6.45, 7) is 1.66. The van der Waals surface area contributed by atoms with Crippen LogP contribution in [0.3, 0.4) is 0 Å². The van der Waals surface area contributed by atoms with Crippen LogP contribution in [-0.2, 0) is 4.79 Å². The minimum Gasteiger partial charge on any atom is -0.481 e. The van der Waals surface area contributed by atoms with Crippen molar-refractivity contribution in [3.63, 3.8) is 0 Å². The Morgan fingerprint density at radius 1 is 1.47 bits per heavy atom. The van der Waals surface area contributed by atoms with Crippen LogP contribution in [0.15, 0.2) is 12.3 Å². The Balaban J connectivity index is 2.54. The lowest BCUT2D eigenvalue weighted by atomic mass is 10.1. The monoisotopic (exact) mass is 272 g/mol. The number of carbonyl (C=O) groups excluding carboxylic acids is 1. The van der Waals surface area contributed by atoms with Gasteiger partial charge < -0.3 is 10.4 Å². The smallest absolute Gasteiger partial charge is 0.303 e. The van der Waals surface area contributed by atoms with E-state index in [0.29, 0.717) is 12.8 Å². The van der Waals surface area contributed by atoms with Gasteiger partial charge in [0.25, 0.3) is 5.91 Å². The number of amides is 1. The molecule has 0 saturated heterocycles. The van der Waals surface area contributed by atoms with E-state index < -0.39 is 29.2 Å². The molecule has 1 atom stereocenters. The zero-order valence-corrected chi connectivity index (χ0v) is 10.3. The minimum atomic E-state index is -1.33. The molecule has 0 fully saturated rings. The van der Waals surface area contributed by atoms with Gasteiger partial charge in [-0.2, -0.15) is 4.39 Å². The van der Waals surface area contributed by atoms with E-state index in [1.54, 1.807) is 6.92 Å². The number of nitrogens with zero attached hydrogens (tertiary/aromatic N) is 1. The Morgan fingerprint density at radius 2 is 2.16 bits per heavy atom. The number of aromatic nitrogens is 1. The maximum atomic E-state index is 13.3. The highest BCUT2D eigenvalue weighted by Crippen LogP contribution is 2.09. The standard InChI is InChI=1S/C12H14F2N2O3/c1-7(3-2-4-9(17)18)16-12(19)8-5-6-15-11(14)10(8)13/h5-7H,2-4H2,1H3,(H,16,19)(H,17,18). The first-order valence-corrected chi connectivity index (χ1v) is 5.74. The molecule has 7 heteroatoms. The van der Waals surface area contributed by atoms with Crippen LogP contribution in [0.5, 0.6) is 0 Å². The van der Waals surface area contributed by atoms with Gasteiger partial charge in [-0.1, -0.05) is 0 Å². The van der Waals surface area contributed by atoms with Gasteiger partial charge in [-0.05, 0) is 25.8 Å². The highest BCUT2D eigenvalue weighted by molar-refractivity contribution is 5.94. The fourth-order valence-electron chi connectivity index (χ4n) is 1.53. The summed E-state index contributed by atoms with van der Waals surface area (Å²) in [7, 11) is 0. The average molecular weight is 272 g/mol. The molecule has 1 heterocycles. The van der Waals surface area contributed by atoms with Gasteiger partial charge in [-0.3, -0.25) is 9.59 Å². The summed E-state index contributed by atoms with van der Waals surface area (Å²) < 4.78 is 26.1. The summed E-state index contributed by atoms with van der Waals surface area (Å²) in [6.07, 6.45) is 1.83. The number of nitrogens with one attached hydrogen (secondary N) is 1. The molecule has 0 aliphatic carbocycles. The van der Waals surface area contributed by atoms with E-state index in [1.807, 2.05) is 0 Å². The number of rotatable bonds is 6. The third-order valence-electron chi connectivity index (χ3n) is 2.50. The van der Waals surface area contributed by atoms with Crippen molar-refractivity contribution in [3.05, 3.63) is 29.6 Å². The summed E-state index contributed by atoms with van der Waals surface area (Å²) in [6, 6.07) is 0.750. The molecule has 0 radical (unpaired) electrons. The molecule has 104 valence electrons. The second-order valence-corrected chi connectivity index (χ2v) is 4.12. The summed E-state index contributed by atoms with van der Waals surface area (Å²) in [5.41, 5.74) is -0.419. The molecule has 1 rings (SSSR count). The Morgan fingerprint density at radius 3 is 2.79 bits per heavy atom. The van der Waals surface area contributed by atoms with E-state index in [1.165, 1.54) is 0 Å². The lowest BCUT2D eigenvalue weighted by Gasteiger charge is -2.13. The number of hydrogen-bond donors (Lipinski definition) is 2. The van der Waals surface area contributed by atoms with Gasteiger partial charge in [0.1, 0.15) is 0 Å². The van der Waals surface area contributed by atoms with E-state index in [4.69, 9.17) is 5.11 Å². The van der Waals surface area contributed by atoms with Crippen LogP contribution in [0, 0.1) is 11.8 Å². The van der Waals surface area contributed by atoms with Crippen molar-refractivity contribution in [1.29, 1.82) is 0 Å². The molecule has 1 amide bonds. The Bertz CT molecular complexity index is 480. The van der Waals surface area contributed by atoms with Crippen LogP contribution < -0.4 is 5.32 Å². The molecule has 0 spiro atoms. The second kappa shape index (κ2) is 6.77. The fourth-order valence-corrected chi connectivity index (χ4v) is 1.53. The molecule has 2 N–H and O–H groups in total. The quantitative estimate of drug-likeness (QED) is 0.773. The number of carbonyl (C=O) groups is 2. The molecule has 5 nitrogen and oxygen atoms in total. The zero-order valence-electron chi connectivity index (χ0n) is 10.3. The van der Waals surface area contributed by atoms with Crippen LogP contribution in [0.1, 0.15) is 36.5 Å². The predicted molar refractivity (Wildman–Crippen MR) is 62.6 cm³/mol. The Labute approximate surface area is 108 Å². The van der Waals surface area contributed by atoms with E-state index in [-0.39, 0.29) is 12.5 Å². The molecule has 1 aromatic rings. The topological polar surface area (TPSA) is 79.3 Å². The number of hydrogen-bond acceptors (Lipinski definition) is 3. The fraction of sp³-hybridized carbons (Fsp3) is 0.417. The number of halogens is 2. The molecule has 1 unspecified atom stereocenters. The van der Waals surface area contributed by atoms with Crippen molar-refractivity contribution >= 4 is 11.9 Å². The molecule has 0 aliphatic heterocycles. The van der Waals surface area contributed by atoms with Gasteiger partial charge in [0.15, 0.2) is 5.82 Å². The molecule has 0 saturated carbocycles.